The number of amides is 3. The lowest BCUT2D eigenvalue weighted by molar-refractivity contribution is -0.143. The Morgan fingerprint density at radius 2 is 1.91 bits per heavy atom. The van der Waals surface area contributed by atoms with E-state index >= 15 is 0 Å². The zero-order chi connectivity index (χ0) is 23.5. The lowest BCUT2D eigenvalue weighted by atomic mass is 9.85. The second-order valence-electron chi connectivity index (χ2n) is 9.37. The summed E-state index contributed by atoms with van der Waals surface area (Å²) in [6.45, 7) is 10.0. The summed E-state index contributed by atoms with van der Waals surface area (Å²) in [5.41, 5.74) is 4.49. The van der Waals surface area contributed by atoms with Gasteiger partial charge >= 0.3 is 0 Å². The molecular formula is C24H32N4O3S. The fourth-order valence-corrected chi connectivity index (χ4v) is 4.79. The Bertz CT molecular complexity index is 978. The van der Waals surface area contributed by atoms with Crippen LogP contribution in [0.4, 0.5) is 0 Å². The number of likely N-dealkylation sites (tertiary alicyclic amines) is 1. The van der Waals surface area contributed by atoms with E-state index in [1.54, 1.807) is 16.2 Å². The fourth-order valence-electron chi connectivity index (χ4n) is 3.98. The Kier molecular flexibility index (Phi) is 7.33. The normalized spacial score (nSPS) is 17.2. The summed E-state index contributed by atoms with van der Waals surface area (Å²) in [6.07, 6.45) is 1.39. The molecule has 2 atom stereocenters. The van der Waals surface area contributed by atoms with Crippen LogP contribution in [-0.2, 0) is 20.9 Å². The molecule has 3 amide bonds. The monoisotopic (exact) mass is 456 g/mol. The highest BCUT2D eigenvalue weighted by Crippen LogP contribution is 2.28. The van der Waals surface area contributed by atoms with Crippen LogP contribution in [0.15, 0.2) is 29.8 Å². The predicted octanol–water partition coefficient (Wildman–Crippen LogP) is 3.28. The summed E-state index contributed by atoms with van der Waals surface area (Å²) >= 11 is 1.61. The topological polar surface area (TPSA) is 91.4 Å². The molecule has 1 unspecified atom stereocenters. The van der Waals surface area contributed by atoms with Gasteiger partial charge in [0.1, 0.15) is 12.1 Å². The summed E-state index contributed by atoms with van der Waals surface area (Å²) < 4.78 is 0. The Morgan fingerprint density at radius 1 is 1.22 bits per heavy atom. The van der Waals surface area contributed by atoms with Crippen LogP contribution in [0.1, 0.15) is 51.8 Å². The largest absolute Gasteiger partial charge is 0.350 e. The summed E-state index contributed by atoms with van der Waals surface area (Å²) in [5, 5.41) is 5.75. The Morgan fingerprint density at radius 3 is 2.47 bits per heavy atom. The van der Waals surface area contributed by atoms with Gasteiger partial charge in [0.05, 0.1) is 16.1 Å². The second kappa shape index (κ2) is 9.81. The van der Waals surface area contributed by atoms with E-state index in [0.29, 0.717) is 19.5 Å². The Hall–Kier alpha value is -2.74. The Labute approximate surface area is 193 Å². The van der Waals surface area contributed by atoms with Crippen LogP contribution in [0.5, 0.6) is 0 Å². The first kappa shape index (κ1) is 23.9. The number of carbonyl (C=O) groups excluding carboxylic acids is 3. The van der Waals surface area contributed by atoms with Crippen molar-refractivity contribution in [3.05, 3.63) is 41.0 Å². The van der Waals surface area contributed by atoms with E-state index in [1.165, 1.54) is 6.92 Å². The molecule has 0 radical (unpaired) electrons. The summed E-state index contributed by atoms with van der Waals surface area (Å²) in [5.74, 6) is -0.612. The summed E-state index contributed by atoms with van der Waals surface area (Å²) in [7, 11) is 0. The van der Waals surface area contributed by atoms with E-state index in [2.05, 4.69) is 15.6 Å². The highest BCUT2D eigenvalue weighted by Gasteiger charge is 2.41. The molecule has 1 aliphatic heterocycles. The van der Waals surface area contributed by atoms with Crippen molar-refractivity contribution in [2.75, 3.05) is 6.54 Å². The lowest BCUT2D eigenvalue weighted by Gasteiger charge is -2.35. The van der Waals surface area contributed by atoms with Crippen molar-refractivity contribution in [1.29, 1.82) is 0 Å². The molecule has 1 aromatic heterocycles. The summed E-state index contributed by atoms with van der Waals surface area (Å²) in [4.78, 5) is 44.9. The van der Waals surface area contributed by atoms with Gasteiger partial charge in [0.25, 0.3) is 0 Å². The molecule has 0 aliphatic carbocycles. The molecule has 8 heteroatoms. The molecule has 1 saturated heterocycles. The van der Waals surface area contributed by atoms with Crippen molar-refractivity contribution >= 4 is 29.1 Å². The van der Waals surface area contributed by atoms with Crippen LogP contribution in [-0.4, -0.2) is 46.2 Å². The highest BCUT2D eigenvalue weighted by molar-refractivity contribution is 7.13. The zero-order valence-corrected chi connectivity index (χ0v) is 20.2. The van der Waals surface area contributed by atoms with E-state index in [1.807, 2.05) is 57.5 Å². The number of nitrogens with one attached hydrogen (secondary N) is 2. The van der Waals surface area contributed by atoms with Crippen molar-refractivity contribution < 1.29 is 14.4 Å². The molecule has 7 nitrogen and oxygen atoms in total. The molecule has 1 aromatic carbocycles. The molecule has 0 saturated carbocycles. The number of rotatable bonds is 6. The van der Waals surface area contributed by atoms with Crippen molar-refractivity contribution in [1.82, 2.24) is 20.5 Å². The average Bonchev–Trinajstić information content (AvgIpc) is 3.38. The molecule has 1 aliphatic rings. The SMILES string of the molecule is CC(=O)NC(C(=O)N1CCC[C@H]1C(=O)NCc1ccc(-c2scnc2C)cc1)C(C)(C)C. The molecule has 0 spiro atoms. The van der Waals surface area contributed by atoms with Crippen molar-refractivity contribution in [3.63, 3.8) is 0 Å². The molecule has 0 bridgehead atoms. The van der Waals surface area contributed by atoms with Gasteiger partial charge in [-0.05, 0) is 36.3 Å². The maximum Gasteiger partial charge on any atom is 0.246 e. The number of carbonyl (C=O) groups is 3. The van der Waals surface area contributed by atoms with Crippen LogP contribution < -0.4 is 10.6 Å². The van der Waals surface area contributed by atoms with Crippen molar-refractivity contribution in [2.24, 2.45) is 5.41 Å². The van der Waals surface area contributed by atoms with Crippen LogP contribution in [0.2, 0.25) is 0 Å². The third-order valence-electron chi connectivity index (χ3n) is 5.73. The highest BCUT2D eigenvalue weighted by atomic mass is 32.1. The maximum absolute atomic E-state index is 13.2. The first-order valence-corrected chi connectivity index (χ1v) is 11.8. The van der Waals surface area contributed by atoms with E-state index in [4.69, 9.17) is 0 Å². The standard InChI is InChI=1S/C24H32N4O3S/c1-15-20(32-14-26-15)18-10-8-17(9-11-18)13-25-22(30)19-7-6-12-28(19)23(31)21(24(3,4)5)27-16(2)29/h8-11,14,19,21H,6-7,12-13H2,1-5H3,(H,25,30)(H,27,29)/t19-,21?/m0/s1. The maximum atomic E-state index is 13.2. The van der Waals surface area contributed by atoms with E-state index in [0.717, 1.165) is 28.1 Å². The fraction of sp³-hybridized carbons (Fsp3) is 0.500. The predicted molar refractivity (Wildman–Crippen MR) is 126 cm³/mol. The second-order valence-corrected chi connectivity index (χ2v) is 10.2. The van der Waals surface area contributed by atoms with Crippen molar-refractivity contribution in [2.45, 2.75) is 66.1 Å². The van der Waals surface area contributed by atoms with E-state index in [-0.39, 0.29) is 17.7 Å². The molecule has 172 valence electrons. The van der Waals surface area contributed by atoms with Gasteiger partial charge in [-0.15, -0.1) is 11.3 Å². The molecule has 2 heterocycles. The van der Waals surface area contributed by atoms with Gasteiger partial charge in [-0.25, -0.2) is 4.98 Å². The minimum atomic E-state index is -0.670. The number of hydrogen-bond donors (Lipinski definition) is 2. The van der Waals surface area contributed by atoms with Gasteiger partial charge < -0.3 is 15.5 Å². The minimum absolute atomic E-state index is 0.159. The van der Waals surface area contributed by atoms with Gasteiger partial charge in [-0.3, -0.25) is 14.4 Å². The quantitative estimate of drug-likeness (QED) is 0.698. The molecule has 2 aromatic rings. The van der Waals surface area contributed by atoms with Gasteiger partial charge in [0.2, 0.25) is 17.7 Å². The Balaban J connectivity index is 1.63. The third kappa shape index (κ3) is 5.54. The number of hydrogen-bond acceptors (Lipinski definition) is 5. The van der Waals surface area contributed by atoms with Crippen LogP contribution in [0.25, 0.3) is 10.4 Å². The van der Waals surface area contributed by atoms with Crippen LogP contribution >= 0.6 is 11.3 Å². The van der Waals surface area contributed by atoms with E-state index < -0.39 is 17.5 Å². The van der Waals surface area contributed by atoms with Crippen molar-refractivity contribution in [3.8, 4) is 10.4 Å². The first-order valence-electron chi connectivity index (χ1n) is 10.9. The first-order chi connectivity index (χ1) is 15.1. The minimum Gasteiger partial charge on any atom is -0.350 e. The van der Waals surface area contributed by atoms with E-state index in [9.17, 15) is 14.4 Å². The third-order valence-corrected chi connectivity index (χ3v) is 6.71. The molecule has 2 N–H and O–H groups in total. The molecule has 1 fully saturated rings. The average molecular weight is 457 g/mol. The van der Waals surface area contributed by atoms with Crippen LogP contribution in [0.3, 0.4) is 0 Å². The van der Waals surface area contributed by atoms with Gasteiger partial charge in [-0.1, -0.05) is 45.0 Å². The smallest absolute Gasteiger partial charge is 0.246 e. The number of nitrogens with zero attached hydrogens (tertiary/aromatic N) is 2. The number of aryl methyl sites for hydroxylation is 1. The van der Waals surface area contributed by atoms with Crippen LogP contribution in [0, 0.1) is 12.3 Å². The van der Waals surface area contributed by atoms with Gasteiger partial charge in [0, 0.05) is 20.0 Å². The number of thiazole rings is 1. The molecular weight excluding hydrogens is 424 g/mol. The zero-order valence-electron chi connectivity index (χ0n) is 19.4. The number of benzene rings is 1. The molecule has 3 rings (SSSR count). The lowest BCUT2D eigenvalue weighted by Crippen LogP contribution is -2.57. The number of aromatic nitrogens is 1. The molecule has 32 heavy (non-hydrogen) atoms. The summed E-state index contributed by atoms with van der Waals surface area (Å²) in [6, 6.07) is 6.89. The van der Waals surface area contributed by atoms with Gasteiger partial charge in [0.15, 0.2) is 0 Å². The van der Waals surface area contributed by atoms with Gasteiger partial charge in [-0.2, -0.15) is 0 Å².